The minimum absolute atomic E-state index is 0.302. The molecule has 10 nitrogen and oxygen atoms in total. The SMILES string of the molecule is CCCCCCCCC/C=C/CC/C=C/CC/C=C/C(O)C(COC1OC(CO)C(O)C(O)C1O)NC(=O)C(O)CCCCCCCCCCCCCCCCCC/C=C\CCCCCCCCCCCCCCCCCC. The molecule has 458 valence electrons. The van der Waals surface area contributed by atoms with Gasteiger partial charge in [-0.15, -0.1) is 0 Å². The monoisotopic (exact) mass is 1100 g/mol. The summed E-state index contributed by atoms with van der Waals surface area (Å²) in [5, 5.41) is 65.1. The van der Waals surface area contributed by atoms with Crippen LogP contribution in [0.2, 0.25) is 0 Å². The minimum Gasteiger partial charge on any atom is -0.394 e. The predicted octanol–water partition coefficient (Wildman–Crippen LogP) is 16.6. The molecule has 0 aromatic rings. The second-order valence-corrected chi connectivity index (χ2v) is 23.4. The lowest BCUT2D eigenvalue weighted by molar-refractivity contribution is -0.302. The Morgan fingerprint density at radius 1 is 0.436 bits per heavy atom. The van der Waals surface area contributed by atoms with E-state index in [4.69, 9.17) is 9.47 Å². The van der Waals surface area contributed by atoms with E-state index in [9.17, 15) is 35.4 Å². The molecule has 78 heavy (non-hydrogen) atoms. The highest BCUT2D eigenvalue weighted by molar-refractivity contribution is 5.80. The molecule has 1 amide bonds. The molecule has 8 unspecified atom stereocenters. The van der Waals surface area contributed by atoms with Crippen molar-refractivity contribution in [1.29, 1.82) is 0 Å². The van der Waals surface area contributed by atoms with Crippen LogP contribution in [0.3, 0.4) is 0 Å². The highest BCUT2D eigenvalue weighted by Crippen LogP contribution is 2.23. The summed E-state index contributed by atoms with van der Waals surface area (Å²) in [4.78, 5) is 13.2. The summed E-state index contributed by atoms with van der Waals surface area (Å²) in [6.45, 7) is 3.62. The van der Waals surface area contributed by atoms with Crippen LogP contribution >= 0.6 is 0 Å². The number of carbonyl (C=O) groups is 1. The maximum absolute atomic E-state index is 13.2. The van der Waals surface area contributed by atoms with Crippen LogP contribution in [0.15, 0.2) is 48.6 Å². The van der Waals surface area contributed by atoms with Crippen LogP contribution in [-0.2, 0) is 14.3 Å². The van der Waals surface area contributed by atoms with Crippen molar-refractivity contribution in [3.63, 3.8) is 0 Å². The van der Waals surface area contributed by atoms with Crippen molar-refractivity contribution in [1.82, 2.24) is 5.32 Å². The topological polar surface area (TPSA) is 169 Å². The first-order chi connectivity index (χ1) is 38.3. The summed E-state index contributed by atoms with van der Waals surface area (Å²) in [7, 11) is 0. The number of nitrogens with one attached hydrogen (secondary N) is 1. The molecule has 1 heterocycles. The fraction of sp³-hybridized carbons (Fsp3) is 0.868. The molecule has 0 aliphatic carbocycles. The fourth-order valence-corrected chi connectivity index (χ4v) is 10.6. The molecular weight excluding hydrogens is 975 g/mol. The third kappa shape index (κ3) is 44.7. The minimum atomic E-state index is -1.62. The fourth-order valence-electron chi connectivity index (χ4n) is 10.6. The predicted molar refractivity (Wildman–Crippen MR) is 329 cm³/mol. The molecule has 1 saturated heterocycles. The van der Waals surface area contributed by atoms with E-state index >= 15 is 0 Å². The third-order valence-corrected chi connectivity index (χ3v) is 16.0. The standard InChI is InChI=1S/C68H127NO9/c1-3-5-7-9-11-13-15-17-19-21-22-23-24-25-26-27-28-29-30-31-32-33-34-35-36-37-38-39-41-43-45-47-49-51-53-55-57-62(72)67(76)69-60(59-77-68-66(75)65(74)64(73)63(58-70)78-68)61(71)56-54-52-50-48-46-44-42-40-20-18-16-14-12-10-8-6-4-2/h20,29-30,40,46,48,54,56,60-66,68,70-75H,3-19,21-28,31-39,41-45,47,49-53,55,57-59H2,1-2H3,(H,69,76)/b30-29-,40-20+,48-46+,56-54+. The highest BCUT2D eigenvalue weighted by atomic mass is 16.7. The number of carbonyl (C=O) groups excluding carboxylic acids is 1. The van der Waals surface area contributed by atoms with Gasteiger partial charge < -0.3 is 45.4 Å². The number of hydrogen-bond donors (Lipinski definition) is 7. The lowest BCUT2D eigenvalue weighted by Gasteiger charge is -2.40. The largest absolute Gasteiger partial charge is 0.394 e. The molecule has 7 N–H and O–H groups in total. The normalized spacial score (nSPS) is 19.3. The molecule has 0 spiro atoms. The number of unbranched alkanes of at least 4 members (excludes halogenated alkanes) is 41. The molecule has 1 aliphatic heterocycles. The summed E-state index contributed by atoms with van der Waals surface area (Å²) in [6, 6.07) is -1.00. The molecule has 8 atom stereocenters. The molecule has 0 saturated carbocycles. The Labute approximate surface area is 480 Å². The second kappa shape index (κ2) is 56.9. The molecule has 0 aromatic carbocycles. The van der Waals surface area contributed by atoms with Gasteiger partial charge in [-0.2, -0.15) is 0 Å². The van der Waals surface area contributed by atoms with Crippen molar-refractivity contribution >= 4 is 5.91 Å². The highest BCUT2D eigenvalue weighted by Gasteiger charge is 2.44. The molecule has 10 heteroatoms. The zero-order valence-electron chi connectivity index (χ0n) is 50.8. The number of aliphatic hydroxyl groups excluding tert-OH is 6. The van der Waals surface area contributed by atoms with Gasteiger partial charge in [0.1, 0.15) is 30.5 Å². The molecule has 0 radical (unpaired) electrons. The summed E-state index contributed by atoms with van der Waals surface area (Å²) < 4.78 is 11.2. The maximum atomic E-state index is 13.2. The molecule has 1 rings (SSSR count). The Balaban J connectivity index is 2.13. The Hall–Kier alpha value is -1.89. The van der Waals surface area contributed by atoms with Gasteiger partial charge in [-0.3, -0.25) is 4.79 Å². The average Bonchev–Trinajstić information content (AvgIpc) is 3.44. The van der Waals surface area contributed by atoms with Gasteiger partial charge in [0.25, 0.3) is 0 Å². The van der Waals surface area contributed by atoms with Crippen LogP contribution in [-0.4, -0.2) is 98.7 Å². The summed E-state index contributed by atoms with van der Waals surface area (Å²) in [6.07, 6.45) is 66.9. The molecule has 1 fully saturated rings. The zero-order valence-corrected chi connectivity index (χ0v) is 50.8. The second-order valence-electron chi connectivity index (χ2n) is 23.4. The molecule has 0 aromatic heterocycles. The van der Waals surface area contributed by atoms with Crippen molar-refractivity contribution in [3.8, 4) is 0 Å². The number of allylic oxidation sites excluding steroid dienone is 7. The Kier molecular flexibility index (Phi) is 54.1. The van der Waals surface area contributed by atoms with E-state index in [1.807, 2.05) is 6.08 Å². The van der Waals surface area contributed by atoms with Crippen molar-refractivity contribution in [2.45, 2.75) is 365 Å². The van der Waals surface area contributed by atoms with Gasteiger partial charge in [0.05, 0.1) is 25.4 Å². The van der Waals surface area contributed by atoms with Crippen LogP contribution in [0.25, 0.3) is 0 Å². The number of rotatable bonds is 58. The van der Waals surface area contributed by atoms with E-state index in [1.165, 1.54) is 238 Å². The lowest BCUT2D eigenvalue weighted by atomic mass is 9.99. The Bertz CT molecular complexity index is 1390. The number of hydrogen-bond acceptors (Lipinski definition) is 9. The van der Waals surface area contributed by atoms with E-state index in [0.29, 0.717) is 19.3 Å². The first kappa shape index (κ1) is 74.1. The van der Waals surface area contributed by atoms with Gasteiger partial charge in [0.15, 0.2) is 6.29 Å². The smallest absolute Gasteiger partial charge is 0.249 e. The first-order valence-corrected chi connectivity index (χ1v) is 33.5. The van der Waals surface area contributed by atoms with Crippen molar-refractivity contribution in [3.05, 3.63) is 48.6 Å². The van der Waals surface area contributed by atoms with Crippen molar-refractivity contribution in [2.24, 2.45) is 0 Å². The van der Waals surface area contributed by atoms with E-state index in [-0.39, 0.29) is 6.61 Å². The number of ether oxygens (including phenoxy) is 2. The molecular formula is C68H127NO9. The van der Waals surface area contributed by atoms with Crippen molar-refractivity contribution < 1.29 is 44.9 Å². The van der Waals surface area contributed by atoms with Crippen LogP contribution in [0, 0.1) is 0 Å². The van der Waals surface area contributed by atoms with E-state index < -0.39 is 61.5 Å². The summed E-state index contributed by atoms with van der Waals surface area (Å²) in [5.74, 6) is -0.627. The zero-order chi connectivity index (χ0) is 56.6. The number of amides is 1. The van der Waals surface area contributed by atoms with Gasteiger partial charge in [-0.1, -0.05) is 294 Å². The number of aliphatic hydroxyl groups is 6. The van der Waals surface area contributed by atoms with Crippen LogP contribution in [0.5, 0.6) is 0 Å². The summed E-state index contributed by atoms with van der Waals surface area (Å²) in [5.41, 5.74) is 0. The quantitative estimate of drug-likeness (QED) is 0.0232. The maximum Gasteiger partial charge on any atom is 0.249 e. The van der Waals surface area contributed by atoms with E-state index in [2.05, 4.69) is 55.6 Å². The van der Waals surface area contributed by atoms with Gasteiger partial charge >= 0.3 is 0 Å². The van der Waals surface area contributed by atoms with Gasteiger partial charge in [-0.25, -0.2) is 0 Å². The lowest BCUT2D eigenvalue weighted by Crippen LogP contribution is -2.60. The van der Waals surface area contributed by atoms with Gasteiger partial charge in [0, 0.05) is 0 Å². The third-order valence-electron chi connectivity index (χ3n) is 16.0. The first-order valence-electron chi connectivity index (χ1n) is 33.5. The van der Waals surface area contributed by atoms with Crippen LogP contribution < -0.4 is 5.32 Å². The van der Waals surface area contributed by atoms with Crippen LogP contribution in [0.4, 0.5) is 0 Å². The molecule has 0 bridgehead atoms. The van der Waals surface area contributed by atoms with Gasteiger partial charge in [-0.05, 0) is 70.6 Å². The molecule has 1 aliphatic rings. The van der Waals surface area contributed by atoms with Crippen molar-refractivity contribution in [2.75, 3.05) is 13.2 Å². The average molecular weight is 1100 g/mol. The van der Waals surface area contributed by atoms with Gasteiger partial charge in [0.2, 0.25) is 5.91 Å². The van der Waals surface area contributed by atoms with E-state index in [1.54, 1.807) is 6.08 Å². The van der Waals surface area contributed by atoms with Crippen LogP contribution in [0.1, 0.15) is 316 Å². The Morgan fingerprint density at radius 2 is 0.756 bits per heavy atom. The Morgan fingerprint density at radius 3 is 1.12 bits per heavy atom. The summed E-state index contributed by atoms with van der Waals surface area (Å²) >= 11 is 0. The van der Waals surface area contributed by atoms with E-state index in [0.717, 1.165) is 44.9 Å².